The smallest absolute Gasteiger partial charge is 0.344 e. The Hall–Kier alpha value is -1.55. The van der Waals surface area contributed by atoms with Crippen LogP contribution >= 0.6 is 0 Å². The second-order valence-corrected chi connectivity index (χ2v) is 3.56. The Bertz CT molecular complexity index is 362. The zero-order chi connectivity index (χ0) is 12.7. The third kappa shape index (κ3) is 4.07. The van der Waals surface area contributed by atoms with E-state index in [1.807, 2.05) is 13.0 Å². The Balaban J connectivity index is 2.67. The molecule has 0 bridgehead atoms. The Morgan fingerprint density at radius 1 is 1.35 bits per heavy atom. The highest BCUT2D eigenvalue weighted by Crippen LogP contribution is 2.26. The molecule has 4 heteroatoms. The topological polar surface area (TPSA) is 55.8 Å². The van der Waals surface area contributed by atoms with Gasteiger partial charge in [0.1, 0.15) is 5.75 Å². The van der Waals surface area contributed by atoms with Crippen LogP contribution in [0.1, 0.15) is 31.9 Å². The molecule has 0 heterocycles. The summed E-state index contributed by atoms with van der Waals surface area (Å²) in [6.07, 6.45) is 0.0214. The van der Waals surface area contributed by atoms with Gasteiger partial charge in [0.2, 0.25) is 0 Å². The van der Waals surface area contributed by atoms with Gasteiger partial charge in [-0.15, -0.1) is 0 Å². The van der Waals surface area contributed by atoms with Crippen molar-refractivity contribution < 1.29 is 19.4 Å². The number of ether oxygens (including phenoxy) is 2. The van der Waals surface area contributed by atoms with Crippen LogP contribution in [0.15, 0.2) is 24.3 Å². The van der Waals surface area contributed by atoms with Crippen molar-refractivity contribution in [2.24, 2.45) is 0 Å². The molecule has 0 aliphatic carbocycles. The van der Waals surface area contributed by atoms with Crippen LogP contribution in [0.5, 0.6) is 5.75 Å². The van der Waals surface area contributed by atoms with Crippen molar-refractivity contribution >= 4 is 5.97 Å². The van der Waals surface area contributed by atoms with Gasteiger partial charge in [0.15, 0.2) is 6.61 Å². The molecule has 1 rings (SSSR count). The molecule has 1 atom stereocenters. The van der Waals surface area contributed by atoms with E-state index in [0.717, 1.165) is 0 Å². The molecular weight excluding hydrogens is 220 g/mol. The first-order valence-electron chi connectivity index (χ1n) is 5.74. The summed E-state index contributed by atoms with van der Waals surface area (Å²) in [7, 11) is 0. The van der Waals surface area contributed by atoms with Gasteiger partial charge in [-0.05, 0) is 19.4 Å². The maximum Gasteiger partial charge on any atom is 0.344 e. The van der Waals surface area contributed by atoms with Crippen molar-refractivity contribution in [1.82, 2.24) is 0 Å². The molecule has 0 spiro atoms. The van der Waals surface area contributed by atoms with E-state index in [0.29, 0.717) is 24.3 Å². The molecule has 0 radical (unpaired) electrons. The lowest BCUT2D eigenvalue weighted by Crippen LogP contribution is -2.15. The lowest BCUT2D eigenvalue weighted by Gasteiger charge is -2.14. The zero-order valence-electron chi connectivity index (χ0n) is 10.2. The number of esters is 1. The fourth-order valence-electron chi connectivity index (χ4n) is 1.45. The van der Waals surface area contributed by atoms with E-state index in [-0.39, 0.29) is 6.61 Å². The fraction of sp³-hybridized carbons (Fsp3) is 0.462. The molecule has 94 valence electrons. The highest BCUT2D eigenvalue weighted by molar-refractivity contribution is 5.71. The maximum atomic E-state index is 11.2. The van der Waals surface area contributed by atoms with Crippen LogP contribution in [-0.4, -0.2) is 24.3 Å². The molecular formula is C13H18O4. The van der Waals surface area contributed by atoms with Gasteiger partial charge in [0.25, 0.3) is 0 Å². The Labute approximate surface area is 101 Å². The van der Waals surface area contributed by atoms with E-state index in [1.54, 1.807) is 25.1 Å². The lowest BCUT2D eigenvalue weighted by atomic mass is 10.1. The van der Waals surface area contributed by atoms with E-state index in [2.05, 4.69) is 0 Å². The number of hydrogen-bond acceptors (Lipinski definition) is 4. The lowest BCUT2D eigenvalue weighted by molar-refractivity contribution is -0.145. The van der Waals surface area contributed by atoms with Crippen LogP contribution in [0.3, 0.4) is 0 Å². The second-order valence-electron chi connectivity index (χ2n) is 3.56. The summed E-state index contributed by atoms with van der Waals surface area (Å²) < 4.78 is 10.1. The van der Waals surface area contributed by atoms with E-state index in [9.17, 15) is 9.90 Å². The third-order valence-electron chi connectivity index (χ3n) is 2.32. The van der Waals surface area contributed by atoms with Crippen LogP contribution in [0.25, 0.3) is 0 Å². The molecule has 0 saturated carbocycles. The number of rotatable bonds is 6. The van der Waals surface area contributed by atoms with Gasteiger partial charge in [0, 0.05) is 5.56 Å². The second kappa shape index (κ2) is 6.91. The minimum atomic E-state index is -0.576. The molecule has 0 aliphatic heterocycles. The number of aliphatic hydroxyl groups excluding tert-OH is 1. The predicted molar refractivity (Wildman–Crippen MR) is 63.8 cm³/mol. The monoisotopic (exact) mass is 238 g/mol. The largest absolute Gasteiger partial charge is 0.482 e. The van der Waals surface area contributed by atoms with Crippen molar-refractivity contribution in [2.45, 2.75) is 26.4 Å². The van der Waals surface area contributed by atoms with Crippen molar-refractivity contribution in [3.63, 3.8) is 0 Å². The van der Waals surface area contributed by atoms with E-state index in [1.165, 1.54) is 0 Å². The van der Waals surface area contributed by atoms with Gasteiger partial charge in [-0.1, -0.05) is 25.1 Å². The maximum absolute atomic E-state index is 11.2. The van der Waals surface area contributed by atoms with E-state index in [4.69, 9.17) is 9.47 Å². The average molecular weight is 238 g/mol. The van der Waals surface area contributed by atoms with E-state index >= 15 is 0 Å². The average Bonchev–Trinajstić information content (AvgIpc) is 2.36. The molecule has 0 fully saturated rings. The quantitative estimate of drug-likeness (QED) is 0.771. The molecule has 0 saturated heterocycles. The summed E-state index contributed by atoms with van der Waals surface area (Å²) in [4.78, 5) is 11.2. The van der Waals surface area contributed by atoms with Gasteiger partial charge in [-0.3, -0.25) is 0 Å². The van der Waals surface area contributed by atoms with Crippen molar-refractivity contribution in [2.75, 3.05) is 13.2 Å². The van der Waals surface area contributed by atoms with Gasteiger partial charge >= 0.3 is 5.97 Å². The fourth-order valence-corrected chi connectivity index (χ4v) is 1.45. The van der Waals surface area contributed by atoms with Crippen LogP contribution in [0.2, 0.25) is 0 Å². The molecule has 1 N–H and O–H groups in total. The molecule has 0 unspecified atom stereocenters. The van der Waals surface area contributed by atoms with Crippen molar-refractivity contribution in [3.05, 3.63) is 29.8 Å². The summed E-state index contributed by atoms with van der Waals surface area (Å²) in [5.41, 5.74) is 0.694. The number of para-hydroxylation sites is 1. The summed E-state index contributed by atoms with van der Waals surface area (Å²) in [5, 5.41) is 9.78. The number of carbonyl (C=O) groups excluding carboxylic acids is 1. The van der Waals surface area contributed by atoms with Crippen LogP contribution in [-0.2, 0) is 9.53 Å². The van der Waals surface area contributed by atoms with Crippen LogP contribution in [0, 0.1) is 0 Å². The van der Waals surface area contributed by atoms with Crippen LogP contribution in [0.4, 0.5) is 0 Å². The summed E-state index contributed by atoms with van der Waals surface area (Å²) in [6.45, 7) is 3.82. The Morgan fingerprint density at radius 3 is 2.71 bits per heavy atom. The van der Waals surface area contributed by atoms with Crippen molar-refractivity contribution in [1.29, 1.82) is 0 Å². The van der Waals surface area contributed by atoms with Gasteiger partial charge in [-0.2, -0.15) is 0 Å². The van der Waals surface area contributed by atoms with Gasteiger partial charge in [0.05, 0.1) is 12.7 Å². The normalized spacial score (nSPS) is 11.9. The number of benzene rings is 1. The molecule has 0 amide bonds. The number of carbonyl (C=O) groups is 1. The summed E-state index contributed by atoms with van der Waals surface area (Å²) >= 11 is 0. The number of aliphatic hydroxyl groups is 1. The summed E-state index contributed by atoms with van der Waals surface area (Å²) in [6, 6.07) is 7.14. The third-order valence-corrected chi connectivity index (χ3v) is 2.32. The molecule has 0 aromatic heterocycles. The van der Waals surface area contributed by atoms with E-state index < -0.39 is 12.1 Å². The van der Waals surface area contributed by atoms with Gasteiger partial charge < -0.3 is 14.6 Å². The SMILES string of the molecule is CCOC(=O)COc1ccccc1[C@@H](O)CC. The highest BCUT2D eigenvalue weighted by atomic mass is 16.6. The standard InChI is InChI=1S/C13H18O4/c1-3-11(14)10-7-5-6-8-12(10)17-9-13(15)16-4-2/h5-8,11,14H,3-4,9H2,1-2H3/t11-/m0/s1. The molecule has 17 heavy (non-hydrogen) atoms. The molecule has 1 aromatic carbocycles. The number of hydrogen-bond donors (Lipinski definition) is 1. The first-order valence-corrected chi connectivity index (χ1v) is 5.74. The van der Waals surface area contributed by atoms with Gasteiger partial charge in [-0.25, -0.2) is 4.79 Å². The molecule has 1 aromatic rings. The minimum absolute atomic E-state index is 0.138. The Morgan fingerprint density at radius 2 is 2.06 bits per heavy atom. The van der Waals surface area contributed by atoms with Crippen LogP contribution < -0.4 is 4.74 Å². The zero-order valence-corrected chi connectivity index (χ0v) is 10.2. The highest BCUT2D eigenvalue weighted by Gasteiger charge is 2.12. The van der Waals surface area contributed by atoms with Crippen molar-refractivity contribution in [3.8, 4) is 5.75 Å². The molecule has 0 aliphatic rings. The Kier molecular flexibility index (Phi) is 5.49. The predicted octanol–water partition coefficient (Wildman–Crippen LogP) is 2.07. The first kappa shape index (κ1) is 13.5. The molecule has 4 nitrogen and oxygen atoms in total. The first-order chi connectivity index (χ1) is 8.19. The minimum Gasteiger partial charge on any atom is -0.482 e. The summed E-state index contributed by atoms with van der Waals surface area (Å²) in [5.74, 6) is 0.114.